The van der Waals surface area contributed by atoms with Crippen LogP contribution in [0.15, 0.2) is 66.7 Å². The Bertz CT molecular complexity index is 1040. The molecule has 3 aromatic carbocycles. The number of nitro groups is 1. The van der Waals surface area contributed by atoms with Crippen molar-refractivity contribution >= 4 is 23.3 Å². The Kier molecular flexibility index (Phi) is 6.31. The van der Waals surface area contributed by atoms with Gasteiger partial charge in [-0.15, -0.1) is 0 Å². The van der Waals surface area contributed by atoms with Gasteiger partial charge in [0, 0.05) is 6.07 Å². The van der Waals surface area contributed by atoms with Crippen LogP contribution in [-0.4, -0.2) is 18.0 Å². The first kappa shape index (κ1) is 20.2. The molecule has 0 atom stereocenters. The quantitative estimate of drug-likeness (QED) is 0.292. The molecular weight excluding hydrogens is 398 g/mol. The minimum atomic E-state index is -0.563. The van der Waals surface area contributed by atoms with E-state index >= 15 is 0 Å². The van der Waals surface area contributed by atoms with Crippen molar-refractivity contribution in [1.82, 2.24) is 0 Å². The Morgan fingerprint density at radius 1 is 1.03 bits per heavy atom. The van der Waals surface area contributed by atoms with Crippen molar-refractivity contribution in [2.75, 3.05) is 7.11 Å². The first-order valence-corrected chi connectivity index (χ1v) is 8.87. The lowest BCUT2D eigenvalue weighted by molar-refractivity contribution is -0.385. The largest absolute Gasteiger partial charge is 0.496 e. The molecule has 0 saturated carbocycles. The van der Waals surface area contributed by atoms with Gasteiger partial charge in [-0.3, -0.25) is 10.1 Å². The molecule has 29 heavy (non-hydrogen) atoms. The molecule has 7 nitrogen and oxygen atoms in total. The van der Waals surface area contributed by atoms with E-state index in [0.29, 0.717) is 22.6 Å². The molecule has 0 heterocycles. The number of hydrogen-bond donors (Lipinski definition) is 0. The van der Waals surface area contributed by atoms with E-state index in [9.17, 15) is 14.9 Å². The lowest BCUT2D eigenvalue weighted by Crippen LogP contribution is -2.07. The van der Waals surface area contributed by atoms with Gasteiger partial charge in [-0.25, -0.2) is 4.79 Å². The summed E-state index contributed by atoms with van der Waals surface area (Å²) in [5, 5.41) is 11.3. The zero-order valence-corrected chi connectivity index (χ0v) is 16.1. The molecule has 0 aromatic heterocycles. The van der Waals surface area contributed by atoms with E-state index in [2.05, 4.69) is 0 Å². The maximum absolute atomic E-state index is 12.2. The van der Waals surface area contributed by atoms with Crippen LogP contribution >= 0.6 is 11.6 Å². The number of halogens is 1. The Balaban J connectivity index is 1.67. The summed E-state index contributed by atoms with van der Waals surface area (Å²) in [6.45, 7) is 0.0450. The van der Waals surface area contributed by atoms with Crippen LogP contribution in [0.2, 0.25) is 5.02 Å². The third-order valence-electron chi connectivity index (χ3n) is 3.98. The lowest BCUT2D eigenvalue weighted by Gasteiger charge is -2.10. The van der Waals surface area contributed by atoms with Crippen molar-refractivity contribution in [3.8, 4) is 17.2 Å². The van der Waals surface area contributed by atoms with E-state index in [1.807, 2.05) is 0 Å². The van der Waals surface area contributed by atoms with Gasteiger partial charge in [0.25, 0.3) is 0 Å². The molecule has 0 radical (unpaired) electrons. The zero-order chi connectivity index (χ0) is 20.8. The van der Waals surface area contributed by atoms with Gasteiger partial charge < -0.3 is 14.2 Å². The number of ether oxygens (including phenoxy) is 3. The first-order chi connectivity index (χ1) is 14.0. The van der Waals surface area contributed by atoms with Crippen LogP contribution in [0.4, 0.5) is 5.69 Å². The predicted octanol–water partition coefficient (Wildman–Crippen LogP) is 5.41. The second-order valence-corrected chi connectivity index (χ2v) is 6.27. The van der Waals surface area contributed by atoms with Crippen molar-refractivity contribution in [2.24, 2.45) is 0 Å². The van der Waals surface area contributed by atoms with Crippen LogP contribution in [-0.2, 0) is 11.3 Å². The summed E-state index contributed by atoms with van der Waals surface area (Å²) in [4.78, 5) is 22.8. The van der Waals surface area contributed by atoms with E-state index in [1.165, 1.54) is 25.3 Å². The number of esters is 1. The summed E-state index contributed by atoms with van der Waals surface area (Å²) in [7, 11) is 1.48. The van der Waals surface area contributed by atoms with Gasteiger partial charge >= 0.3 is 11.7 Å². The lowest BCUT2D eigenvalue weighted by atomic mass is 10.2. The smallest absolute Gasteiger partial charge is 0.342 e. The topological polar surface area (TPSA) is 87.9 Å². The molecule has 8 heteroatoms. The van der Waals surface area contributed by atoms with Crippen LogP contribution in [0, 0.1) is 10.1 Å². The fourth-order valence-electron chi connectivity index (χ4n) is 2.55. The molecule has 0 aliphatic heterocycles. The highest BCUT2D eigenvalue weighted by Crippen LogP contribution is 2.37. The maximum Gasteiger partial charge on any atom is 0.342 e. The van der Waals surface area contributed by atoms with Gasteiger partial charge in [0.2, 0.25) is 5.75 Å². The minimum absolute atomic E-state index is 0.0329. The molecule has 148 valence electrons. The summed E-state index contributed by atoms with van der Waals surface area (Å²) < 4.78 is 16.0. The van der Waals surface area contributed by atoms with Crippen molar-refractivity contribution in [3.63, 3.8) is 0 Å². The molecule has 0 fully saturated rings. The molecule has 0 spiro atoms. The SMILES string of the molecule is COc1ccccc1C(=O)OCc1ccc(Oc2c(Cl)cccc2[N+](=O)[O-])cc1. The average molecular weight is 414 g/mol. The summed E-state index contributed by atoms with van der Waals surface area (Å²) in [5.41, 5.74) is 0.822. The van der Waals surface area contributed by atoms with Crippen molar-refractivity contribution in [3.05, 3.63) is 93.0 Å². The fourth-order valence-corrected chi connectivity index (χ4v) is 2.76. The van der Waals surface area contributed by atoms with Crippen molar-refractivity contribution < 1.29 is 23.9 Å². The number of carbonyl (C=O) groups is 1. The Morgan fingerprint density at radius 2 is 1.76 bits per heavy atom. The molecule has 0 aliphatic carbocycles. The Morgan fingerprint density at radius 3 is 2.45 bits per heavy atom. The number of methoxy groups -OCH3 is 1. The van der Waals surface area contributed by atoms with Gasteiger partial charge in [-0.1, -0.05) is 41.9 Å². The molecule has 0 aliphatic rings. The number of nitro benzene ring substituents is 1. The number of benzene rings is 3. The minimum Gasteiger partial charge on any atom is -0.496 e. The summed E-state index contributed by atoms with van der Waals surface area (Å²) in [6.07, 6.45) is 0. The highest BCUT2D eigenvalue weighted by Gasteiger charge is 2.19. The molecule has 0 N–H and O–H groups in total. The van der Waals surface area contributed by atoms with E-state index in [1.54, 1.807) is 48.5 Å². The number of nitrogens with zero attached hydrogens (tertiary/aromatic N) is 1. The normalized spacial score (nSPS) is 10.3. The summed E-state index contributed by atoms with van der Waals surface area (Å²) in [6, 6.07) is 17.7. The molecule has 0 amide bonds. The number of rotatable bonds is 7. The second-order valence-electron chi connectivity index (χ2n) is 5.87. The molecule has 0 bridgehead atoms. The van der Waals surface area contributed by atoms with Crippen molar-refractivity contribution in [2.45, 2.75) is 6.61 Å². The van der Waals surface area contributed by atoms with Gasteiger partial charge in [-0.2, -0.15) is 0 Å². The van der Waals surface area contributed by atoms with Crippen LogP contribution in [0.3, 0.4) is 0 Å². The zero-order valence-electron chi connectivity index (χ0n) is 15.3. The maximum atomic E-state index is 12.2. The molecule has 0 saturated heterocycles. The third-order valence-corrected chi connectivity index (χ3v) is 4.28. The van der Waals surface area contributed by atoms with E-state index in [-0.39, 0.29) is 23.1 Å². The molecule has 0 unspecified atom stereocenters. The van der Waals surface area contributed by atoms with Gasteiger partial charge in [0.15, 0.2) is 0 Å². The van der Waals surface area contributed by atoms with Crippen LogP contribution in [0.5, 0.6) is 17.2 Å². The Hall–Kier alpha value is -3.58. The fraction of sp³-hybridized carbons (Fsp3) is 0.0952. The van der Waals surface area contributed by atoms with E-state index in [4.69, 9.17) is 25.8 Å². The summed E-state index contributed by atoms with van der Waals surface area (Å²) in [5.74, 6) is 0.257. The molecule has 3 rings (SSSR count). The van der Waals surface area contributed by atoms with Gasteiger partial charge in [0.05, 0.1) is 17.1 Å². The van der Waals surface area contributed by atoms with Crippen LogP contribution in [0.25, 0.3) is 0 Å². The Labute approximate surface area is 171 Å². The number of carbonyl (C=O) groups excluding carboxylic acids is 1. The number of para-hydroxylation sites is 2. The van der Waals surface area contributed by atoms with E-state index in [0.717, 1.165) is 0 Å². The predicted molar refractivity (Wildman–Crippen MR) is 107 cm³/mol. The second kappa shape index (κ2) is 9.07. The van der Waals surface area contributed by atoms with Crippen LogP contribution in [0.1, 0.15) is 15.9 Å². The molecule has 3 aromatic rings. The number of hydrogen-bond acceptors (Lipinski definition) is 6. The standard InChI is InChI=1S/C21H16ClNO6/c1-27-19-8-3-2-5-16(19)21(24)28-13-14-9-11-15(12-10-14)29-20-17(22)6-4-7-18(20)23(25)26/h2-12H,13H2,1H3. The highest BCUT2D eigenvalue weighted by molar-refractivity contribution is 6.32. The van der Waals surface area contributed by atoms with Crippen molar-refractivity contribution in [1.29, 1.82) is 0 Å². The highest BCUT2D eigenvalue weighted by atomic mass is 35.5. The van der Waals surface area contributed by atoms with Crippen LogP contribution < -0.4 is 9.47 Å². The van der Waals surface area contributed by atoms with Gasteiger partial charge in [-0.05, 0) is 35.9 Å². The molecular formula is C21H16ClNO6. The summed E-state index contributed by atoms with van der Waals surface area (Å²) >= 11 is 6.02. The average Bonchev–Trinajstić information content (AvgIpc) is 2.74. The third kappa shape index (κ3) is 4.83. The monoisotopic (exact) mass is 413 g/mol. The first-order valence-electron chi connectivity index (χ1n) is 8.49. The van der Waals surface area contributed by atoms with E-state index < -0.39 is 10.9 Å². The van der Waals surface area contributed by atoms with Gasteiger partial charge in [0.1, 0.15) is 23.7 Å².